The molecule has 10 heteroatoms. The van der Waals surface area contributed by atoms with Gasteiger partial charge in [0, 0.05) is 50.0 Å². The number of aromatic nitrogens is 3. The Balaban J connectivity index is 1.59. The van der Waals surface area contributed by atoms with Crippen molar-refractivity contribution in [1.82, 2.24) is 19.4 Å². The summed E-state index contributed by atoms with van der Waals surface area (Å²) in [6.07, 6.45) is 4.07. The van der Waals surface area contributed by atoms with E-state index in [1.807, 2.05) is 16.7 Å². The Bertz CT molecular complexity index is 1250. The van der Waals surface area contributed by atoms with Crippen LogP contribution in [0.15, 0.2) is 24.4 Å². The number of hydrogen-bond acceptors (Lipinski definition) is 7. The summed E-state index contributed by atoms with van der Waals surface area (Å²) in [5.41, 5.74) is 6.51. The molecule has 1 aromatic carbocycles. The van der Waals surface area contributed by atoms with Crippen molar-refractivity contribution in [2.75, 3.05) is 44.9 Å². The third-order valence-electron chi connectivity index (χ3n) is 7.37. The van der Waals surface area contributed by atoms with Gasteiger partial charge >= 0.3 is 0 Å². The van der Waals surface area contributed by atoms with Gasteiger partial charge in [-0.3, -0.25) is 9.69 Å². The molecular weight excluding hydrogens is 463 g/mol. The number of hydrogen-bond donors (Lipinski definition) is 1. The standard InChI is InChI=1S/C26H33FN6O3/c1-16-4-5-17(2)33(16)21-7-6-18(15-29-21)26-30-23-22(27)19(25(28)34)14-20(35-3)24(23)32(26)9-8-31-10-12-36-13-11-31/h6-7,14-17H,4-5,8-13H2,1-3H3,(H2,28,34)/t16-,17-/m0/s1. The first kappa shape index (κ1) is 24.5. The number of pyridine rings is 1. The molecular formula is C26H33FN6O3. The van der Waals surface area contributed by atoms with E-state index in [1.54, 1.807) is 6.20 Å². The van der Waals surface area contributed by atoms with Crippen molar-refractivity contribution in [3.8, 4) is 17.1 Å². The van der Waals surface area contributed by atoms with Gasteiger partial charge in [-0.15, -0.1) is 0 Å². The molecule has 2 atom stereocenters. The van der Waals surface area contributed by atoms with E-state index in [0.717, 1.165) is 43.9 Å². The lowest BCUT2D eigenvalue weighted by molar-refractivity contribution is 0.0365. The van der Waals surface area contributed by atoms with Gasteiger partial charge in [-0.1, -0.05) is 0 Å². The quantitative estimate of drug-likeness (QED) is 0.537. The number of carbonyl (C=O) groups is 1. The molecule has 1 amide bonds. The molecule has 0 saturated carbocycles. The number of methoxy groups -OCH3 is 1. The molecule has 4 heterocycles. The first-order valence-electron chi connectivity index (χ1n) is 12.5. The van der Waals surface area contributed by atoms with Gasteiger partial charge in [0.25, 0.3) is 5.91 Å². The second-order valence-electron chi connectivity index (χ2n) is 9.63. The SMILES string of the molecule is COc1cc(C(N)=O)c(F)c2nc(-c3ccc(N4[C@@H](C)CC[C@@H]4C)nc3)n(CCN3CCOCC3)c12. The molecule has 5 rings (SSSR count). The van der Waals surface area contributed by atoms with Crippen molar-refractivity contribution >= 4 is 22.8 Å². The van der Waals surface area contributed by atoms with Crippen LogP contribution in [0.25, 0.3) is 22.4 Å². The number of benzene rings is 1. The Morgan fingerprint density at radius 2 is 1.92 bits per heavy atom. The van der Waals surface area contributed by atoms with Crippen molar-refractivity contribution in [3.63, 3.8) is 0 Å². The second-order valence-corrected chi connectivity index (χ2v) is 9.63. The molecule has 192 valence electrons. The van der Waals surface area contributed by atoms with E-state index in [0.29, 0.717) is 48.9 Å². The Morgan fingerprint density at radius 3 is 2.53 bits per heavy atom. The molecule has 3 aromatic rings. The van der Waals surface area contributed by atoms with Crippen molar-refractivity contribution in [3.05, 3.63) is 35.8 Å². The lowest BCUT2D eigenvalue weighted by atomic mass is 10.1. The second kappa shape index (κ2) is 10.0. The fourth-order valence-electron chi connectivity index (χ4n) is 5.40. The zero-order valence-corrected chi connectivity index (χ0v) is 21.0. The third kappa shape index (κ3) is 4.39. The lowest BCUT2D eigenvalue weighted by Gasteiger charge is -2.27. The molecule has 2 N–H and O–H groups in total. The smallest absolute Gasteiger partial charge is 0.251 e. The summed E-state index contributed by atoms with van der Waals surface area (Å²) in [5, 5.41) is 0. The highest BCUT2D eigenvalue weighted by Crippen LogP contribution is 2.35. The molecule has 2 fully saturated rings. The highest BCUT2D eigenvalue weighted by atomic mass is 19.1. The predicted octanol–water partition coefficient (Wildman–Crippen LogP) is 3.05. The molecule has 9 nitrogen and oxygen atoms in total. The number of amides is 1. The molecule has 0 bridgehead atoms. The number of fused-ring (bicyclic) bond motifs is 1. The fraction of sp³-hybridized carbons (Fsp3) is 0.500. The number of ether oxygens (including phenoxy) is 2. The van der Waals surface area contributed by atoms with Crippen LogP contribution in [0.4, 0.5) is 10.2 Å². The number of imidazole rings is 1. The monoisotopic (exact) mass is 496 g/mol. The highest BCUT2D eigenvalue weighted by molar-refractivity contribution is 5.99. The summed E-state index contributed by atoms with van der Waals surface area (Å²) < 4.78 is 28.4. The van der Waals surface area contributed by atoms with Crippen LogP contribution in [-0.4, -0.2) is 77.4 Å². The van der Waals surface area contributed by atoms with Crippen LogP contribution in [-0.2, 0) is 11.3 Å². The zero-order chi connectivity index (χ0) is 25.4. The molecule has 2 aliphatic rings. The zero-order valence-electron chi connectivity index (χ0n) is 21.0. The summed E-state index contributed by atoms with van der Waals surface area (Å²) in [5.74, 6) is 0.238. The van der Waals surface area contributed by atoms with E-state index in [9.17, 15) is 4.79 Å². The van der Waals surface area contributed by atoms with E-state index in [1.165, 1.54) is 13.2 Å². The Labute approximate surface area is 210 Å². The van der Waals surface area contributed by atoms with E-state index >= 15 is 4.39 Å². The van der Waals surface area contributed by atoms with Crippen LogP contribution in [0.2, 0.25) is 0 Å². The number of anilines is 1. The van der Waals surface area contributed by atoms with Gasteiger partial charge in [-0.2, -0.15) is 0 Å². The average Bonchev–Trinajstić information content (AvgIpc) is 3.43. The van der Waals surface area contributed by atoms with Gasteiger partial charge in [-0.25, -0.2) is 14.4 Å². The minimum absolute atomic E-state index is 0.0611. The van der Waals surface area contributed by atoms with Gasteiger partial charge in [-0.05, 0) is 44.9 Å². The number of halogens is 1. The first-order chi connectivity index (χ1) is 17.4. The van der Waals surface area contributed by atoms with E-state index in [-0.39, 0.29) is 11.1 Å². The van der Waals surface area contributed by atoms with Crippen molar-refractivity contribution in [2.24, 2.45) is 5.73 Å². The van der Waals surface area contributed by atoms with E-state index in [4.69, 9.17) is 20.2 Å². The van der Waals surface area contributed by atoms with Crippen molar-refractivity contribution < 1.29 is 18.7 Å². The number of primary amides is 1. The Morgan fingerprint density at radius 1 is 1.19 bits per heavy atom. The number of nitrogens with zero attached hydrogens (tertiary/aromatic N) is 5. The summed E-state index contributed by atoms with van der Waals surface area (Å²) in [6, 6.07) is 6.20. The Hall–Kier alpha value is -3.24. The molecule has 36 heavy (non-hydrogen) atoms. The molecule has 2 aromatic heterocycles. The maximum absolute atomic E-state index is 15.4. The topological polar surface area (TPSA) is 98.7 Å². The normalized spacial score (nSPS) is 20.8. The van der Waals surface area contributed by atoms with Crippen molar-refractivity contribution in [2.45, 2.75) is 45.3 Å². The van der Waals surface area contributed by atoms with Gasteiger partial charge in [0.2, 0.25) is 0 Å². The third-order valence-corrected chi connectivity index (χ3v) is 7.37. The summed E-state index contributed by atoms with van der Waals surface area (Å²) in [4.78, 5) is 26.0. The minimum Gasteiger partial charge on any atom is -0.494 e. The largest absolute Gasteiger partial charge is 0.494 e. The number of nitrogens with two attached hydrogens (primary N) is 1. The summed E-state index contributed by atoms with van der Waals surface area (Å²) in [6.45, 7) is 8.78. The average molecular weight is 497 g/mol. The van der Waals surface area contributed by atoms with Crippen LogP contribution in [0.5, 0.6) is 5.75 Å². The van der Waals surface area contributed by atoms with Crippen LogP contribution >= 0.6 is 0 Å². The number of carbonyl (C=O) groups excluding carboxylic acids is 1. The van der Waals surface area contributed by atoms with Gasteiger partial charge in [0.15, 0.2) is 5.82 Å². The molecule has 2 saturated heterocycles. The highest BCUT2D eigenvalue weighted by Gasteiger charge is 2.29. The summed E-state index contributed by atoms with van der Waals surface area (Å²) in [7, 11) is 1.49. The molecule has 0 radical (unpaired) electrons. The van der Waals surface area contributed by atoms with Gasteiger partial charge in [0.1, 0.15) is 28.4 Å². The molecule has 0 unspecified atom stereocenters. The number of morpholine rings is 1. The fourth-order valence-corrected chi connectivity index (χ4v) is 5.40. The van der Waals surface area contributed by atoms with Crippen molar-refractivity contribution in [1.29, 1.82) is 0 Å². The summed E-state index contributed by atoms with van der Waals surface area (Å²) >= 11 is 0. The van der Waals surface area contributed by atoms with E-state index < -0.39 is 11.7 Å². The van der Waals surface area contributed by atoms with Crippen LogP contribution < -0.4 is 15.4 Å². The molecule has 2 aliphatic heterocycles. The predicted molar refractivity (Wildman–Crippen MR) is 136 cm³/mol. The maximum atomic E-state index is 15.4. The van der Waals surface area contributed by atoms with Crippen LogP contribution in [0.3, 0.4) is 0 Å². The van der Waals surface area contributed by atoms with Gasteiger partial charge in [0.05, 0.1) is 25.9 Å². The molecule has 0 aliphatic carbocycles. The number of rotatable bonds is 7. The molecule has 0 spiro atoms. The lowest BCUT2D eigenvalue weighted by Crippen LogP contribution is -2.38. The van der Waals surface area contributed by atoms with Crippen LogP contribution in [0, 0.1) is 5.82 Å². The first-order valence-corrected chi connectivity index (χ1v) is 12.5. The van der Waals surface area contributed by atoms with Gasteiger partial charge < -0.3 is 24.7 Å². The van der Waals surface area contributed by atoms with Crippen LogP contribution in [0.1, 0.15) is 37.0 Å². The maximum Gasteiger partial charge on any atom is 0.251 e. The van der Waals surface area contributed by atoms with E-state index in [2.05, 4.69) is 28.6 Å². The Kier molecular flexibility index (Phi) is 6.81. The minimum atomic E-state index is -0.864.